The van der Waals surface area contributed by atoms with Crippen LogP contribution in [0.1, 0.15) is 20.8 Å². The summed E-state index contributed by atoms with van der Waals surface area (Å²) in [6, 6.07) is 8.35. The van der Waals surface area contributed by atoms with E-state index in [0.717, 1.165) is 16.0 Å². The summed E-state index contributed by atoms with van der Waals surface area (Å²) in [6.07, 6.45) is 0.633. The summed E-state index contributed by atoms with van der Waals surface area (Å²) in [5, 5.41) is 4.74. The van der Waals surface area contributed by atoms with Gasteiger partial charge in [-0.1, -0.05) is 12.1 Å². The Morgan fingerprint density at radius 3 is 2.89 bits per heavy atom. The molecule has 0 radical (unpaired) electrons. The van der Waals surface area contributed by atoms with Crippen LogP contribution in [-0.2, 0) is 6.42 Å². The first kappa shape index (κ1) is 12.8. The zero-order valence-electron chi connectivity index (χ0n) is 10.1. The molecule has 0 saturated heterocycles. The number of benzene rings is 1. The molecule has 2 aromatic rings. The molecule has 0 spiro atoms. The first-order valence-corrected chi connectivity index (χ1v) is 6.61. The molecule has 0 atom stereocenters. The van der Waals surface area contributed by atoms with Crippen LogP contribution in [0.5, 0.6) is 0 Å². The standard InChI is InChI=1S/C14H14FNOS/c1-10-6-8-18-13(10)14(17)16-7-5-11-3-2-4-12(15)9-11/h2-4,6,8-9H,5,7H2,1H3,(H,16,17). The molecule has 1 heterocycles. The van der Waals surface area contributed by atoms with Gasteiger partial charge in [0.15, 0.2) is 0 Å². The van der Waals surface area contributed by atoms with Crippen molar-refractivity contribution in [2.75, 3.05) is 6.54 Å². The fourth-order valence-corrected chi connectivity index (χ4v) is 2.54. The fraction of sp³-hybridized carbons (Fsp3) is 0.214. The number of aryl methyl sites for hydroxylation is 1. The van der Waals surface area contributed by atoms with Crippen molar-refractivity contribution >= 4 is 17.2 Å². The molecule has 0 aliphatic carbocycles. The van der Waals surface area contributed by atoms with Gasteiger partial charge in [-0.05, 0) is 48.1 Å². The smallest absolute Gasteiger partial charge is 0.261 e. The lowest BCUT2D eigenvalue weighted by Crippen LogP contribution is -2.25. The zero-order valence-corrected chi connectivity index (χ0v) is 10.9. The molecule has 1 amide bonds. The average Bonchev–Trinajstić information content (AvgIpc) is 2.75. The first-order chi connectivity index (χ1) is 8.66. The van der Waals surface area contributed by atoms with Gasteiger partial charge in [-0.3, -0.25) is 4.79 Å². The third-order valence-electron chi connectivity index (χ3n) is 2.66. The molecule has 4 heteroatoms. The van der Waals surface area contributed by atoms with Crippen LogP contribution in [0.3, 0.4) is 0 Å². The Kier molecular flexibility index (Phi) is 4.10. The number of hydrogen-bond acceptors (Lipinski definition) is 2. The molecule has 1 N–H and O–H groups in total. The van der Waals surface area contributed by atoms with E-state index in [1.165, 1.54) is 23.5 Å². The molecule has 1 aromatic carbocycles. The van der Waals surface area contributed by atoms with Crippen molar-refractivity contribution in [1.29, 1.82) is 0 Å². The Hall–Kier alpha value is -1.68. The monoisotopic (exact) mass is 263 g/mol. The average molecular weight is 263 g/mol. The van der Waals surface area contributed by atoms with Gasteiger partial charge in [0.25, 0.3) is 5.91 Å². The Bertz CT molecular complexity index is 550. The molecule has 0 bridgehead atoms. The molecule has 0 unspecified atom stereocenters. The van der Waals surface area contributed by atoms with Crippen LogP contribution in [0.25, 0.3) is 0 Å². The quantitative estimate of drug-likeness (QED) is 0.902. The lowest BCUT2D eigenvalue weighted by molar-refractivity contribution is 0.0957. The van der Waals surface area contributed by atoms with Gasteiger partial charge in [-0.25, -0.2) is 4.39 Å². The predicted molar refractivity (Wildman–Crippen MR) is 71.5 cm³/mol. The molecule has 0 saturated carbocycles. The van der Waals surface area contributed by atoms with Gasteiger partial charge < -0.3 is 5.32 Å². The minimum Gasteiger partial charge on any atom is -0.351 e. The second-order valence-electron chi connectivity index (χ2n) is 4.07. The highest BCUT2D eigenvalue weighted by atomic mass is 32.1. The third kappa shape index (κ3) is 3.17. The summed E-state index contributed by atoms with van der Waals surface area (Å²) in [5.74, 6) is -0.299. The van der Waals surface area contributed by atoms with E-state index < -0.39 is 0 Å². The highest BCUT2D eigenvalue weighted by molar-refractivity contribution is 7.12. The maximum Gasteiger partial charge on any atom is 0.261 e. The van der Waals surface area contributed by atoms with Crippen molar-refractivity contribution in [2.45, 2.75) is 13.3 Å². The van der Waals surface area contributed by atoms with Crippen LogP contribution in [-0.4, -0.2) is 12.5 Å². The summed E-state index contributed by atoms with van der Waals surface area (Å²) in [6.45, 7) is 2.43. The van der Waals surface area contributed by atoms with Gasteiger partial charge in [0.1, 0.15) is 5.82 Å². The van der Waals surface area contributed by atoms with Crippen molar-refractivity contribution in [1.82, 2.24) is 5.32 Å². The Morgan fingerprint density at radius 1 is 1.39 bits per heavy atom. The fourth-order valence-electron chi connectivity index (χ4n) is 1.70. The van der Waals surface area contributed by atoms with Gasteiger partial charge >= 0.3 is 0 Å². The molecule has 94 valence electrons. The van der Waals surface area contributed by atoms with E-state index in [0.29, 0.717) is 13.0 Å². The number of halogens is 1. The van der Waals surface area contributed by atoms with Gasteiger partial charge in [-0.2, -0.15) is 0 Å². The van der Waals surface area contributed by atoms with Gasteiger partial charge in [0, 0.05) is 6.54 Å². The van der Waals surface area contributed by atoms with E-state index in [-0.39, 0.29) is 11.7 Å². The Balaban J connectivity index is 1.86. The van der Waals surface area contributed by atoms with E-state index in [4.69, 9.17) is 0 Å². The third-order valence-corrected chi connectivity index (χ3v) is 3.67. The lowest BCUT2D eigenvalue weighted by Gasteiger charge is -2.05. The van der Waals surface area contributed by atoms with Crippen LogP contribution < -0.4 is 5.32 Å². The second-order valence-corrected chi connectivity index (χ2v) is 4.98. The minimum absolute atomic E-state index is 0.0566. The first-order valence-electron chi connectivity index (χ1n) is 5.73. The van der Waals surface area contributed by atoms with E-state index >= 15 is 0 Å². The number of hydrogen-bond donors (Lipinski definition) is 1. The summed E-state index contributed by atoms with van der Waals surface area (Å²) in [4.78, 5) is 12.6. The van der Waals surface area contributed by atoms with Crippen molar-refractivity contribution in [3.05, 3.63) is 57.5 Å². The SMILES string of the molecule is Cc1ccsc1C(=O)NCCc1cccc(F)c1. The van der Waals surface area contributed by atoms with Gasteiger partial charge in [-0.15, -0.1) is 11.3 Å². The minimum atomic E-state index is -0.243. The Morgan fingerprint density at radius 2 is 2.22 bits per heavy atom. The molecule has 0 aliphatic heterocycles. The van der Waals surface area contributed by atoms with Crippen molar-refractivity contribution in [3.8, 4) is 0 Å². The summed E-state index contributed by atoms with van der Waals surface area (Å²) >= 11 is 1.43. The number of carbonyl (C=O) groups excluding carboxylic acids is 1. The maximum absolute atomic E-state index is 12.9. The topological polar surface area (TPSA) is 29.1 Å². The molecule has 1 aromatic heterocycles. The van der Waals surface area contributed by atoms with Gasteiger partial charge in [0.05, 0.1) is 4.88 Å². The van der Waals surface area contributed by atoms with Crippen LogP contribution in [0.4, 0.5) is 4.39 Å². The zero-order chi connectivity index (χ0) is 13.0. The summed E-state index contributed by atoms with van der Waals surface area (Å²) in [7, 11) is 0. The van der Waals surface area contributed by atoms with Crippen LogP contribution in [0.15, 0.2) is 35.7 Å². The highest BCUT2D eigenvalue weighted by Crippen LogP contribution is 2.14. The predicted octanol–water partition coefficient (Wildman–Crippen LogP) is 3.17. The van der Waals surface area contributed by atoms with E-state index in [9.17, 15) is 9.18 Å². The molecule has 2 rings (SSSR count). The second kappa shape index (κ2) is 5.78. The normalized spacial score (nSPS) is 10.3. The number of carbonyl (C=O) groups is 1. The molecule has 18 heavy (non-hydrogen) atoms. The molecular formula is C14H14FNOS. The summed E-state index contributed by atoms with van der Waals surface area (Å²) in [5.41, 5.74) is 1.88. The number of thiophene rings is 1. The van der Waals surface area contributed by atoms with E-state index in [2.05, 4.69) is 5.32 Å². The largest absolute Gasteiger partial charge is 0.351 e. The van der Waals surface area contributed by atoms with E-state index in [1.807, 2.05) is 24.4 Å². The van der Waals surface area contributed by atoms with Crippen molar-refractivity contribution in [3.63, 3.8) is 0 Å². The van der Waals surface area contributed by atoms with Crippen molar-refractivity contribution < 1.29 is 9.18 Å². The molecular weight excluding hydrogens is 249 g/mol. The Labute approximate surface area is 109 Å². The van der Waals surface area contributed by atoms with Gasteiger partial charge in [0.2, 0.25) is 0 Å². The number of amides is 1. The van der Waals surface area contributed by atoms with Crippen molar-refractivity contribution in [2.24, 2.45) is 0 Å². The molecule has 0 aliphatic rings. The lowest BCUT2D eigenvalue weighted by atomic mass is 10.1. The summed E-state index contributed by atoms with van der Waals surface area (Å²) < 4.78 is 12.9. The van der Waals surface area contributed by atoms with E-state index in [1.54, 1.807) is 6.07 Å². The molecule has 0 fully saturated rings. The maximum atomic E-state index is 12.9. The number of nitrogens with one attached hydrogen (secondary N) is 1. The van der Waals surface area contributed by atoms with Crippen LogP contribution >= 0.6 is 11.3 Å². The highest BCUT2D eigenvalue weighted by Gasteiger charge is 2.09. The number of rotatable bonds is 4. The molecule has 2 nitrogen and oxygen atoms in total. The van der Waals surface area contributed by atoms with Crippen LogP contribution in [0.2, 0.25) is 0 Å². The van der Waals surface area contributed by atoms with Crippen LogP contribution in [0, 0.1) is 12.7 Å².